The van der Waals surface area contributed by atoms with Crippen LogP contribution in [0.4, 0.5) is 24.8 Å². The molecule has 184 valence electrons. The molecule has 35 heavy (non-hydrogen) atoms. The molecule has 0 saturated carbocycles. The smallest absolute Gasteiger partial charge is 0.341 e. The van der Waals surface area contributed by atoms with E-state index in [0.29, 0.717) is 29.8 Å². The molecule has 12 heteroatoms. The first kappa shape index (κ1) is 24.6. The summed E-state index contributed by atoms with van der Waals surface area (Å²) in [5, 5.41) is 5.65. The normalized spacial score (nSPS) is 16.2. The van der Waals surface area contributed by atoms with Crippen LogP contribution in [-0.2, 0) is 25.3 Å². The van der Waals surface area contributed by atoms with Gasteiger partial charge in [-0.25, -0.2) is 14.8 Å². The Morgan fingerprint density at radius 1 is 1.14 bits per heavy atom. The maximum Gasteiger partial charge on any atom is 0.433 e. The van der Waals surface area contributed by atoms with E-state index < -0.39 is 34.0 Å². The second-order valence-corrected chi connectivity index (χ2v) is 9.56. The van der Waals surface area contributed by atoms with Gasteiger partial charge in [-0.05, 0) is 73.3 Å². The van der Waals surface area contributed by atoms with Gasteiger partial charge >= 0.3 is 22.3 Å². The van der Waals surface area contributed by atoms with E-state index in [4.69, 9.17) is 4.18 Å². The number of rotatable bonds is 6. The van der Waals surface area contributed by atoms with Crippen LogP contribution in [-0.4, -0.2) is 36.9 Å². The highest BCUT2D eigenvalue weighted by Gasteiger charge is 2.33. The van der Waals surface area contributed by atoms with Crippen LogP contribution in [0.5, 0.6) is 0 Å². The van der Waals surface area contributed by atoms with Crippen LogP contribution in [0.2, 0.25) is 0 Å². The molecule has 2 N–H and O–H groups in total. The lowest BCUT2D eigenvalue weighted by molar-refractivity contribution is -0.141. The summed E-state index contributed by atoms with van der Waals surface area (Å²) in [7, 11) is -4.35. The van der Waals surface area contributed by atoms with Crippen molar-refractivity contribution in [1.82, 2.24) is 15.3 Å². The summed E-state index contributed by atoms with van der Waals surface area (Å²) in [5.41, 5.74) is 1.16. The molecule has 1 fully saturated rings. The fraction of sp³-hybridized carbons (Fsp3) is 0.261. The van der Waals surface area contributed by atoms with Crippen molar-refractivity contribution in [1.29, 1.82) is 0 Å². The van der Waals surface area contributed by atoms with Crippen molar-refractivity contribution in [3.8, 4) is 11.1 Å². The highest BCUT2D eigenvalue weighted by molar-refractivity contribution is 7.87. The lowest BCUT2D eigenvalue weighted by atomic mass is 10.0. The minimum atomic E-state index is -4.61. The van der Waals surface area contributed by atoms with Crippen molar-refractivity contribution in [2.45, 2.75) is 36.9 Å². The lowest BCUT2D eigenvalue weighted by Crippen LogP contribution is -2.33. The second-order valence-electron chi connectivity index (χ2n) is 8.01. The molecule has 0 aliphatic carbocycles. The van der Waals surface area contributed by atoms with Gasteiger partial charge in [0.25, 0.3) is 0 Å². The fourth-order valence-corrected chi connectivity index (χ4v) is 4.60. The molecule has 0 spiro atoms. The Bertz CT molecular complexity index is 1360. The van der Waals surface area contributed by atoms with Gasteiger partial charge in [-0.15, -0.1) is 0 Å². The fourth-order valence-electron chi connectivity index (χ4n) is 3.66. The molecular weight excluding hydrogens is 485 g/mol. The number of alkyl halides is 3. The molecule has 4 rings (SSSR count). The van der Waals surface area contributed by atoms with E-state index in [-0.39, 0.29) is 10.8 Å². The summed E-state index contributed by atoms with van der Waals surface area (Å²) in [6, 6.07) is 11.1. The van der Waals surface area contributed by atoms with Crippen LogP contribution >= 0.6 is 0 Å². The molecule has 0 radical (unpaired) electrons. The number of anilines is 2. The van der Waals surface area contributed by atoms with Crippen molar-refractivity contribution in [2.24, 2.45) is 0 Å². The third kappa shape index (κ3) is 5.95. The summed E-state index contributed by atoms with van der Waals surface area (Å²) in [5.74, 6) is -1.09. The molecule has 0 unspecified atom stereocenters. The minimum absolute atomic E-state index is 0.196. The Kier molecular flexibility index (Phi) is 6.77. The number of aromatic nitrogens is 2. The molecule has 2 aromatic carbocycles. The van der Waals surface area contributed by atoms with Gasteiger partial charge in [-0.2, -0.15) is 21.6 Å². The zero-order valence-electron chi connectivity index (χ0n) is 18.5. The SMILES string of the molecule is Cc1cc(Nc2nccc(C(F)(F)F)n2)cc(-c2cccc(S(=O)(=O)OC(=O)[C@H]3CCCN3)c2)c1. The zero-order valence-corrected chi connectivity index (χ0v) is 19.3. The third-order valence-electron chi connectivity index (χ3n) is 5.27. The van der Waals surface area contributed by atoms with Gasteiger partial charge in [-0.3, -0.25) is 0 Å². The number of nitrogens with zero attached hydrogens (tertiary/aromatic N) is 2. The van der Waals surface area contributed by atoms with E-state index in [2.05, 4.69) is 20.6 Å². The van der Waals surface area contributed by atoms with Gasteiger partial charge in [0.2, 0.25) is 5.95 Å². The average Bonchev–Trinajstić information content (AvgIpc) is 3.33. The van der Waals surface area contributed by atoms with Crippen LogP contribution in [0.15, 0.2) is 59.6 Å². The van der Waals surface area contributed by atoms with E-state index in [1.54, 1.807) is 31.2 Å². The molecule has 1 aliphatic rings. The summed E-state index contributed by atoms with van der Waals surface area (Å²) < 4.78 is 69.0. The van der Waals surface area contributed by atoms with Crippen molar-refractivity contribution in [2.75, 3.05) is 11.9 Å². The van der Waals surface area contributed by atoms with Crippen molar-refractivity contribution in [3.05, 3.63) is 66.0 Å². The highest BCUT2D eigenvalue weighted by Crippen LogP contribution is 2.30. The Morgan fingerprint density at radius 2 is 1.94 bits per heavy atom. The Morgan fingerprint density at radius 3 is 2.66 bits per heavy atom. The predicted octanol–water partition coefficient (Wildman–Crippen LogP) is 4.20. The van der Waals surface area contributed by atoms with Gasteiger partial charge in [0, 0.05) is 11.9 Å². The second kappa shape index (κ2) is 9.62. The van der Waals surface area contributed by atoms with Gasteiger partial charge < -0.3 is 14.8 Å². The third-order valence-corrected chi connectivity index (χ3v) is 6.49. The molecule has 1 aromatic heterocycles. The Labute approximate surface area is 199 Å². The first-order valence-electron chi connectivity index (χ1n) is 10.6. The first-order chi connectivity index (χ1) is 16.5. The van der Waals surface area contributed by atoms with Crippen LogP contribution in [0.1, 0.15) is 24.1 Å². The lowest BCUT2D eigenvalue weighted by Gasteiger charge is -2.13. The molecular formula is C23H21F3N4O4S. The number of carbonyl (C=O) groups is 1. The van der Waals surface area contributed by atoms with Crippen LogP contribution in [0, 0.1) is 6.92 Å². The number of nitrogens with one attached hydrogen (secondary N) is 2. The van der Waals surface area contributed by atoms with Gasteiger partial charge in [0.1, 0.15) is 16.6 Å². The summed E-state index contributed by atoms with van der Waals surface area (Å²) >= 11 is 0. The van der Waals surface area contributed by atoms with E-state index in [1.807, 2.05) is 0 Å². The van der Waals surface area contributed by atoms with Gasteiger partial charge in [-0.1, -0.05) is 18.2 Å². The van der Waals surface area contributed by atoms with Crippen molar-refractivity contribution in [3.63, 3.8) is 0 Å². The number of aryl methyl sites for hydroxylation is 1. The molecule has 0 bridgehead atoms. The largest absolute Gasteiger partial charge is 0.433 e. The Hall–Kier alpha value is -3.51. The number of carbonyl (C=O) groups excluding carboxylic acids is 1. The molecule has 1 atom stereocenters. The Balaban J connectivity index is 1.59. The summed E-state index contributed by atoms with van der Waals surface area (Å²) in [4.78, 5) is 19.3. The average molecular weight is 507 g/mol. The quantitative estimate of drug-likeness (QED) is 0.479. The van der Waals surface area contributed by atoms with Gasteiger partial charge in [0.15, 0.2) is 0 Å². The summed E-state index contributed by atoms with van der Waals surface area (Å²) in [6.45, 7) is 2.39. The van der Waals surface area contributed by atoms with E-state index >= 15 is 0 Å². The number of hydrogen-bond donors (Lipinski definition) is 2. The summed E-state index contributed by atoms with van der Waals surface area (Å²) in [6.07, 6.45) is -2.35. The number of benzene rings is 2. The molecule has 2 heterocycles. The van der Waals surface area contributed by atoms with Gasteiger partial charge in [0.05, 0.1) is 0 Å². The van der Waals surface area contributed by atoms with Crippen LogP contribution < -0.4 is 10.6 Å². The topological polar surface area (TPSA) is 110 Å². The zero-order chi connectivity index (χ0) is 25.2. The van der Waals surface area contributed by atoms with Crippen molar-refractivity contribution < 1.29 is 30.6 Å². The van der Waals surface area contributed by atoms with E-state index in [9.17, 15) is 26.4 Å². The number of halogens is 3. The van der Waals surface area contributed by atoms with Crippen molar-refractivity contribution >= 4 is 27.7 Å². The monoisotopic (exact) mass is 506 g/mol. The van der Waals surface area contributed by atoms with Crippen LogP contribution in [0.3, 0.4) is 0 Å². The molecule has 3 aromatic rings. The minimum Gasteiger partial charge on any atom is -0.341 e. The standard InChI is InChI=1S/C23H21F3N4O4S/c1-14-10-16(12-17(11-14)29-22-28-9-7-20(30-22)23(24,25)26)15-4-2-5-18(13-15)35(32,33)34-21(31)19-6-3-8-27-19/h2,4-5,7,9-13,19,27H,3,6,8H2,1H3,(H,28,29,30)/t19-/m1/s1. The molecule has 0 amide bonds. The van der Waals surface area contributed by atoms with E-state index in [1.165, 1.54) is 18.2 Å². The van der Waals surface area contributed by atoms with E-state index in [0.717, 1.165) is 24.2 Å². The first-order valence-corrected chi connectivity index (χ1v) is 12.0. The highest BCUT2D eigenvalue weighted by atomic mass is 32.2. The number of hydrogen-bond acceptors (Lipinski definition) is 8. The molecule has 1 saturated heterocycles. The molecule has 8 nitrogen and oxygen atoms in total. The predicted molar refractivity (Wildman–Crippen MR) is 121 cm³/mol. The molecule has 1 aliphatic heterocycles. The van der Waals surface area contributed by atoms with Crippen LogP contribution in [0.25, 0.3) is 11.1 Å². The maximum absolute atomic E-state index is 13.0. The maximum atomic E-state index is 13.0.